The Kier molecular flexibility index (Phi) is 4.85. The van der Waals surface area contributed by atoms with Gasteiger partial charge < -0.3 is 10.6 Å². The van der Waals surface area contributed by atoms with E-state index < -0.39 is 6.43 Å². The summed E-state index contributed by atoms with van der Waals surface area (Å²) in [5.74, 6) is -0.351. The summed E-state index contributed by atoms with van der Waals surface area (Å²) in [4.78, 5) is 1.79. The van der Waals surface area contributed by atoms with Gasteiger partial charge in [0.1, 0.15) is 5.82 Å². The van der Waals surface area contributed by atoms with Crippen molar-refractivity contribution in [2.24, 2.45) is 5.73 Å². The zero-order chi connectivity index (χ0) is 15.4. The largest absolute Gasteiger partial charge is 0.366 e. The van der Waals surface area contributed by atoms with E-state index in [1.54, 1.807) is 36.2 Å². The van der Waals surface area contributed by atoms with Crippen LogP contribution < -0.4 is 10.6 Å². The van der Waals surface area contributed by atoms with Gasteiger partial charge in [-0.3, -0.25) is 0 Å². The normalized spacial score (nSPS) is 12.5. The molecule has 112 valence electrons. The zero-order valence-corrected chi connectivity index (χ0v) is 11.6. The first-order valence-corrected chi connectivity index (χ1v) is 6.59. The SMILES string of the molecule is CN(c1cccc(F)c1)C(CN)c1cccc(C(F)F)c1. The summed E-state index contributed by atoms with van der Waals surface area (Å²) in [6.07, 6.45) is -2.53. The molecule has 1 unspecified atom stereocenters. The topological polar surface area (TPSA) is 29.3 Å². The Morgan fingerprint density at radius 2 is 1.71 bits per heavy atom. The summed E-state index contributed by atoms with van der Waals surface area (Å²) in [5, 5.41) is 0. The molecular formula is C16H17F3N2. The van der Waals surface area contributed by atoms with Crippen molar-refractivity contribution < 1.29 is 13.2 Å². The Balaban J connectivity index is 2.32. The summed E-state index contributed by atoms with van der Waals surface area (Å²) >= 11 is 0. The Hall–Kier alpha value is -2.01. The lowest BCUT2D eigenvalue weighted by atomic mass is 10.0. The van der Waals surface area contributed by atoms with Gasteiger partial charge in [0, 0.05) is 24.8 Å². The zero-order valence-electron chi connectivity index (χ0n) is 11.6. The first-order valence-electron chi connectivity index (χ1n) is 6.59. The van der Waals surface area contributed by atoms with Crippen molar-refractivity contribution >= 4 is 5.69 Å². The van der Waals surface area contributed by atoms with Crippen molar-refractivity contribution in [3.63, 3.8) is 0 Å². The number of halogens is 3. The highest BCUT2D eigenvalue weighted by Gasteiger charge is 2.18. The van der Waals surface area contributed by atoms with E-state index in [9.17, 15) is 13.2 Å². The predicted molar refractivity (Wildman–Crippen MR) is 78.0 cm³/mol. The van der Waals surface area contributed by atoms with Gasteiger partial charge in [-0.1, -0.05) is 24.3 Å². The van der Waals surface area contributed by atoms with Crippen LogP contribution in [0.1, 0.15) is 23.6 Å². The molecule has 2 aromatic rings. The number of hydrogen-bond acceptors (Lipinski definition) is 2. The third kappa shape index (κ3) is 3.55. The molecule has 0 spiro atoms. The summed E-state index contributed by atoms with van der Waals surface area (Å²) in [6.45, 7) is 0.236. The second kappa shape index (κ2) is 6.63. The van der Waals surface area contributed by atoms with E-state index in [2.05, 4.69) is 0 Å². The molecule has 0 radical (unpaired) electrons. The molecule has 2 N–H and O–H groups in total. The second-order valence-electron chi connectivity index (χ2n) is 4.81. The molecule has 0 bridgehead atoms. The van der Waals surface area contributed by atoms with Crippen molar-refractivity contribution in [3.05, 3.63) is 65.5 Å². The number of nitrogens with two attached hydrogens (primary N) is 1. The first-order chi connectivity index (χ1) is 10.0. The molecule has 2 nitrogen and oxygen atoms in total. The lowest BCUT2D eigenvalue weighted by Crippen LogP contribution is -2.30. The van der Waals surface area contributed by atoms with E-state index in [4.69, 9.17) is 5.73 Å². The molecule has 0 heterocycles. The van der Waals surface area contributed by atoms with Gasteiger partial charge in [0.15, 0.2) is 0 Å². The van der Waals surface area contributed by atoms with Gasteiger partial charge in [-0.05, 0) is 29.8 Å². The first kappa shape index (κ1) is 15.4. The quantitative estimate of drug-likeness (QED) is 0.906. The van der Waals surface area contributed by atoms with Crippen LogP contribution in [0.2, 0.25) is 0 Å². The maximum absolute atomic E-state index is 13.3. The molecule has 0 fully saturated rings. The van der Waals surface area contributed by atoms with E-state index in [1.807, 2.05) is 0 Å². The number of nitrogens with zero attached hydrogens (tertiary/aromatic N) is 1. The van der Waals surface area contributed by atoms with Crippen molar-refractivity contribution in [2.75, 3.05) is 18.5 Å². The Bertz CT molecular complexity index is 602. The summed E-state index contributed by atoms with van der Waals surface area (Å²) in [7, 11) is 1.77. The van der Waals surface area contributed by atoms with Gasteiger partial charge in [0.05, 0.1) is 6.04 Å². The van der Waals surface area contributed by atoms with E-state index in [1.165, 1.54) is 24.3 Å². The molecule has 0 aliphatic rings. The van der Waals surface area contributed by atoms with Crippen molar-refractivity contribution in [1.29, 1.82) is 0 Å². The smallest absolute Gasteiger partial charge is 0.263 e. The van der Waals surface area contributed by atoms with Crippen molar-refractivity contribution in [1.82, 2.24) is 0 Å². The van der Waals surface area contributed by atoms with Crippen LogP contribution >= 0.6 is 0 Å². The maximum Gasteiger partial charge on any atom is 0.263 e. The van der Waals surface area contributed by atoms with Gasteiger partial charge in [-0.15, -0.1) is 0 Å². The fourth-order valence-corrected chi connectivity index (χ4v) is 2.30. The summed E-state index contributed by atoms with van der Waals surface area (Å²) in [5.41, 5.74) is 7.07. The van der Waals surface area contributed by atoms with Crippen LogP contribution in [-0.2, 0) is 0 Å². The van der Waals surface area contributed by atoms with Gasteiger partial charge in [-0.25, -0.2) is 13.2 Å². The summed E-state index contributed by atoms with van der Waals surface area (Å²) in [6, 6.07) is 11.9. The van der Waals surface area contributed by atoms with E-state index in [0.29, 0.717) is 11.3 Å². The fourth-order valence-electron chi connectivity index (χ4n) is 2.30. The fraction of sp³-hybridized carbons (Fsp3) is 0.250. The highest BCUT2D eigenvalue weighted by Crippen LogP contribution is 2.28. The van der Waals surface area contributed by atoms with Crippen LogP contribution in [0, 0.1) is 5.82 Å². The third-order valence-electron chi connectivity index (χ3n) is 3.45. The van der Waals surface area contributed by atoms with Crippen molar-refractivity contribution in [2.45, 2.75) is 12.5 Å². The van der Waals surface area contributed by atoms with E-state index in [0.717, 1.165) is 0 Å². The monoisotopic (exact) mass is 294 g/mol. The van der Waals surface area contributed by atoms with E-state index in [-0.39, 0.29) is 24.0 Å². The number of alkyl halides is 2. The molecular weight excluding hydrogens is 277 g/mol. The van der Waals surface area contributed by atoms with Crippen LogP contribution in [0.15, 0.2) is 48.5 Å². The molecule has 0 saturated heterocycles. The number of benzene rings is 2. The van der Waals surface area contributed by atoms with Crippen LogP contribution in [0.4, 0.5) is 18.9 Å². The highest BCUT2D eigenvalue weighted by molar-refractivity contribution is 5.48. The van der Waals surface area contributed by atoms with Crippen LogP contribution in [0.5, 0.6) is 0 Å². The van der Waals surface area contributed by atoms with E-state index >= 15 is 0 Å². The van der Waals surface area contributed by atoms with Crippen LogP contribution in [0.3, 0.4) is 0 Å². The number of likely N-dealkylation sites (N-methyl/N-ethyl adjacent to an activating group) is 1. The summed E-state index contributed by atoms with van der Waals surface area (Å²) < 4.78 is 38.9. The lowest BCUT2D eigenvalue weighted by Gasteiger charge is -2.29. The average molecular weight is 294 g/mol. The molecule has 2 aromatic carbocycles. The number of rotatable bonds is 5. The predicted octanol–water partition coefficient (Wildman–Crippen LogP) is 3.90. The van der Waals surface area contributed by atoms with Gasteiger partial charge in [-0.2, -0.15) is 0 Å². The minimum atomic E-state index is -2.53. The Labute approximate surface area is 122 Å². The molecule has 1 atom stereocenters. The highest BCUT2D eigenvalue weighted by atomic mass is 19.3. The average Bonchev–Trinajstić information content (AvgIpc) is 2.48. The minimum Gasteiger partial charge on any atom is -0.366 e. The van der Waals surface area contributed by atoms with Crippen molar-refractivity contribution in [3.8, 4) is 0 Å². The Morgan fingerprint density at radius 3 is 2.33 bits per heavy atom. The number of anilines is 1. The number of hydrogen-bond donors (Lipinski definition) is 1. The lowest BCUT2D eigenvalue weighted by molar-refractivity contribution is 0.151. The molecule has 0 saturated carbocycles. The van der Waals surface area contributed by atoms with Gasteiger partial charge >= 0.3 is 0 Å². The standard InChI is InChI=1S/C16H17F3N2/c1-21(14-7-3-6-13(17)9-14)15(10-20)11-4-2-5-12(8-11)16(18)19/h2-9,15-16H,10,20H2,1H3. The third-order valence-corrected chi connectivity index (χ3v) is 3.45. The Morgan fingerprint density at radius 1 is 1.05 bits per heavy atom. The maximum atomic E-state index is 13.3. The van der Waals surface area contributed by atoms with Gasteiger partial charge in [0.2, 0.25) is 0 Å². The molecule has 0 aliphatic heterocycles. The molecule has 5 heteroatoms. The molecule has 21 heavy (non-hydrogen) atoms. The van der Waals surface area contributed by atoms with Crippen LogP contribution in [-0.4, -0.2) is 13.6 Å². The minimum absolute atomic E-state index is 0.0430. The molecule has 0 aromatic heterocycles. The molecule has 2 rings (SSSR count). The van der Waals surface area contributed by atoms with Gasteiger partial charge in [0.25, 0.3) is 6.43 Å². The molecule has 0 amide bonds. The van der Waals surface area contributed by atoms with Crippen LogP contribution in [0.25, 0.3) is 0 Å². The second-order valence-corrected chi connectivity index (χ2v) is 4.81. The molecule has 0 aliphatic carbocycles.